The number of carbonyl (C=O) groups excluding carboxylic acids is 2. The normalized spacial score (nSPS) is 17.9. The summed E-state index contributed by atoms with van der Waals surface area (Å²) in [6, 6.07) is 9.41. The highest BCUT2D eigenvalue weighted by molar-refractivity contribution is 5.82. The molecule has 6 nitrogen and oxygen atoms in total. The van der Waals surface area contributed by atoms with Gasteiger partial charge >= 0.3 is 6.09 Å². The number of hydrogen-bond donors (Lipinski definition) is 2. The molecule has 0 spiro atoms. The van der Waals surface area contributed by atoms with Gasteiger partial charge in [0.05, 0.1) is 0 Å². The Hall–Kier alpha value is -2.08. The van der Waals surface area contributed by atoms with Gasteiger partial charge in [-0.05, 0) is 12.0 Å². The lowest BCUT2D eigenvalue weighted by molar-refractivity contribution is -0.129. The highest BCUT2D eigenvalue weighted by Crippen LogP contribution is 2.06. The molecule has 0 aliphatic carbocycles. The van der Waals surface area contributed by atoms with E-state index in [0.29, 0.717) is 13.1 Å². The highest BCUT2D eigenvalue weighted by Gasteiger charge is 2.23. The second-order valence-corrected chi connectivity index (χ2v) is 4.80. The fourth-order valence-corrected chi connectivity index (χ4v) is 2.05. The number of amides is 2. The molecular formula is C14H19N3O3. The number of rotatable bonds is 4. The Bertz CT molecular complexity index is 464. The molecule has 1 aliphatic rings. The van der Waals surface area contributed by atoms with Gasteiger partial charge in [0, 0.05) is 19.1 Å². The molecule has 1 saturated heterocycles. The van der Waals surface area contributed by atoms with Gasteiger partial charge in [0.25, 0.3) is 0 Å². The number of hydrogen-bond acceptors (Lipinski definition) is 4. The number of carbonyl (C=O) groups is 2. The van der Waals surface area contributed by atoms with E-state index in [1.54, 1.807) is 4.90 Å². The van der Waals surface area contributed by atoms with E-state index >= 15 is 0 Å². The Morgan fingerprint density at radius 2 is 2.10 bits per heavy atom. The van der Waals surface area contributed by atoms with Crippen molar-refractivity contribution in [3.63, 3.8) is 0 Å². The lowest BCUT2D eigenvalue weighted by Gasteiger charge is -2.15. The lowest BCUT2D eigenvalue weighted by atomic mass is 10.2. The molecule has 1 aliphatic heterocycles. The predicted molar refractivity (Wildman–Crippen MR) is 73.8 cm³/mol. The van der Waals surface area contributed by atoms with E-state index in [9.17, 15) is 9.59 Å². The van der Waals surface area contributed by atoms with Crippen LogP contribution in [0.25, 0.3) is 0 Å². The van der Waals surface area contributed by atoms with Crippen molar-refractivity contribution in [1.82, 2.24) is 10.2 Å². The zero-order chi connectivity index (χ0) is 14.4. The first kappa shape index (κ1) is 14.3. The average molecular weight is 277 g/mol. The van der Waals surface area contributed by atoms with Crippen LogP contribution in [0.5, 0.6) is 0 Å². The van der Waals surface area contributed by atoms with Crippen LogP contribution in [0.1, 0.15) is 12.0 Å². The van der Waals surface area contributed by atoms with Crippen LogP contribution in [0.4, 0.5) is 4.79 Å². The van der Waals surface area contributed by atoms with Gasteiger partial charge in [0.2, 0.25) is 5.91 Å². The fraction of sp³-hybridized carbons (Fsp3) is 0.429. The van der Waals surface area contributed by atoms with Crippen molar-refractivity contribution in [1.29, 1.82) is 0 Å². The van der Waals surface area contributed by atoms with Gasteiger partial charge in [-0.3, -0.25) is 4.79 Å². The molecule has 1 atom stereocenters. The van der Waals surface area contributed by atoms with Crippen molar-refractivity contribution in [3.05, 3.63) is 35.9 Å². The van der Waals surface area contributed by atoms with E-state index in [1.165, 1.54) is 0 Å². The van der Waals surface area contributed by atoms with Crippen molar-refractivity contribution < 1.29 is 14.3 Å². The van der Waals surface area contributed by atoms with Crippen LogP contribution in [0.2, 0.25) is 0 Å². The lowest BCUT2D eigenvalue weighted by Crippen LogP contribution is -2.40. The van der Waals surface area contributed by atoms with Crippen LogP contribution in [-0.2, 0) is 16.1 Å². The van der Waals surface area contributed by atoms with Crippen LogP contribution in [-0.4, -0.2) is 42.6 Å². The van der Waals surface area contributed by atoms with Gasteiger partial charge in [0.15, 0.2) is 0 Å². The first-order valence-electron chi connectivity index (χ1n) is 6.63. The molecule has 0 radical (unpaired) electrons. The molecule has 0 unspecified atom stereocenters. The summed E-state index contributed by atoms with van der Waals surface area (Å²) in [5, 5.41) is 2.45. The smallest absolute Gasteiger partial charge is 0.407 e. The summed E-state index contributed by atoms with van der Waals surface area (Å²) < 4.78 is 5.02. The van der Waals surface area contributed by atoms with Crippen LogP contribution in [0, 0.1) is 0 Å². The highest BCUT2D eigenvalue weighted by atomic mass is 16.5. The van der Waals surface area contributed by atoms with Crippen molar-refractivity contribution in [2.75, 3.05) is 19.6 Å². The Morgan fingerprint density at radius 3 is 2.75 bits per heavy atom. The monoisotopic (exact) mass is 277 g/mol. The molecule has 2 rings (SSSR count). The Morgan fingerprint density at radius 1 is 1.35 bits per heavy atom. The molecule has 1 aromatic carbocycles. The Balaban J connectivity index is 1.66. The van der Waals surface area contributed by atoms with E-state index in [0.717, 1.165) is 12.0 Å². The third-order valence-electron chi connectivity index (χ3n) is 3.17. The van der Waals surface area contributed by atoms with Gasteiger partial charge in [-0.2, -0.15) is 0 Å². The minimum atomic E-state index is -0.592. The largest absolute Gasteiger partial charge is 0.445 e. The average Bonchev–Trinajstić information content (AvgIpc) is 2.90. The van der Waals surface area contributed by atoms with Gasteiger partial charge < -0.3 is 20.7 Å². The zero-order valence-electron chi connectivity index (χ0n) is 11.2. The van der Waals surface area contributed by atoms with Crippen LogP contribution in [0.15, 0.2) is 30.3 Å². The van der Waals surface area contributed by atoms with E-state index in [1.807, 2.05) is 30.3 Å². The zero-order valence-corrected chi connectivity index (χ0v) is 11.2. The SMILES string of the molecule is N[C@H]1CCN(C(=O)CNC(=O)OCc2ccccc2)C1. The Kier molecular flexibility index (Phi) is 4.95. The minimum absolute atomic E-state index is 0.0454. The number of likely N-dealkylation sites (tertiary alicyclic amines) is 1. The topological polar surface area (TPSA) is 84.7 Å². The summed E-state index contributed by atoms with van der Waals surface area (Å²) in [5.41, 5.74) is 6.63. The maximum absolute atomic E-state index is 11.8. The maximum atomic E-state index is 11.8. The van der Waals surface area contributed by atoms with E-state index in [-0.39, 0.29) is 25.1 Å². The van der Waals surface area contributed by atoms with Crippen molar-refractivity contribution in [2.24, 2.45) is 5.73 Å². The summed E-state index contributed by atoms with van der Waals surface area (Å²) in [6.07, 6.45) is 0.218. The van der Waals surface area contributed by atoms with E-state index < -0.39 is 6.09 Å². The molecule has 1 aromatic rings. The van der Waals surface area contributed by atoms with Gasteiger partial charge in [0.1, 0.15) is 13.2 Å². The molecule has 20 heavy (non-hydrogen) atoms. The molecule has 0 bridgehead atoms. The molecule has 2 amide bonds. The number of nitrogens with one attached hydrogen (secondary N) is 1. The van der Waals surface area contributed by atoms with Gasteiger partial charge in [-0.25, -0.2) is 4.79 Å². The molecule has 0 saturated carbocycles. The van der Waals surface area contributed by atoms with Gasteiger partial charge in [-0.15, -0.1) is 0 Å². The van der Waals surface area contributed by atoms with Gasteiger partial charge in [-0.1, -0.05) is 30.3 Å². The first-order chi connectivity index (χ1) is 9.65. The quantitative estimate of drug-likeness (QED) is 0.838. The molecule has 1 heterocycles. The summed E-state index contributed by atoms with van der Waals surface area (Å²) in [7, 11) is 0. The summed E-state index contributed by atoms with van der Waals surface area (Å²) in [4.78, 5) is 24.9. The predicted octanol–water partition coefficient (Wildman–Crippen LogP) is 0.472. The fourth-order valence-electron chi connectivity index (χ4n) is 2.05. The summed E-state index contributed by atoms with van der Waals surface area (Å²) in [6.45, 7) is 1.34. The molecule has 0 aromatic heterocycles. The standard InChI is InChI=1S/C14H19N3O3/c15-12-6-7-17(9-12)13(18)8-16-14(19)20-10-11-4-2-1-3-5-11/h1-5,12H,6-10,15H2,(H,16,19)/t12-/m0/s1. The number of alkyl carbamates (subject to hydrolysis) is 1. The molecule has 6 heteroatoms. The maximum Gasteiger partial charge on any atom is 0.407 e. The minimum Gasteiger partial charge on any atom is -0.445 e. The molecular weight excluding hydrogens is 258 g/mol. The second-order valence-electron chi connectivity index (χ2n) is 4.80. The number of nitrogens with zero attached hydrogens (tertiary/aromatic N) is 1. The van der Waals surface area contributed by atoms with Crippen molar-refractivity contribution >= 4 is 12.0 Å². The number of ether oxygens (including phenoxy) is 1. The van der Waals surface area contributed by atoms with E-state index in [4.69, 9.17) is 10.5 Å². The molecule has 108 valence electrons. The summed E-state index contributed by atoms with van der Waals surface area (Å²) in [5.74, 6) is -0.130. The van der Waals surface area contributed by atoms with E-state index in [2.05, 4.69) is 5.32 Å². The first-order valence-corrected chi connectivity index (χ1v) is 6.63. The number of benzene rings is 1. The molecule has 1 fully saturated rings. The van der Waals surface area contributed by atoms with Crippen molar-refractivity contribution in [3.8, 4) is 0 Å². The third kappa shape index (κ3) is 4.24. The van der Waals surface area contributed by atoms with Crippen LogP contribution >= 0.6 is 0 Å². The number of nitrogens with two attached hydrogens (primary N) is 1. The second kappa shape index (κ2) is 6.91. The van der Waals surface area contributed by atoms with Crippen LogP contribution < -0.4 is 11.1 Å². The summed E-state index contributed by atoms with van der Waals surface area (Å²) >= 11 is 0. The van der Waals surface area contributed by atoms with Crippen LogP contribution in [0.3, 0.4) is 0 Å². The molecule has 3 N–H and O–H groups in total. The Labute approximate surface area is 117 Å². The third-order valence-corrected chi connectivity index (χ3v) is 3.17. The van der Waals surface area contributed by atoms with Crippen molar-refractivity contribution in [2.45, 2.75) is 19.1 Å².